The number of rotatable bonds is 0. The van der Waals surface area contributed by atoms with E-state index in [1.807, 2.05) is 0 Å². The lowest BCUT2D eigenvalue weighted by Gasteiger charge is -2.34. The minimum absolute atomic E-state index is 0.0226. The molecule has 1 N–H and O–H groups in total. The zero-order chi connectivity index (χ0) is 7.78. The molecule has 1 unspecified atom stereocenters. The predicted molar refractivity (Wildman–Crippen MR) is 40.6 cm³/mol. The second-order valence-electron chi connectivity index (χ2n) is 3.95. The van der Waals surface area contributed by atoms with Crippen molar-refractivity contribution in [1.82, 2.24) is 5.32 Å². The van der Waals surface area contributed by atoms with Crippen LogP contribution >= 0.6 is 0 Å². The van der Waals surface area contributed by atoms with E-state index in [1.54, 1.807) is 0 Å². The van der Waals surface area contributed by atoms with Crippen LogP contribution < -0.4 is 5.32 Å². The largest absolute Gasteiger partial charge is 0.351 e. The molecule has 0 aromatic rings. The smallest absolute Gasteiger partial charge is 0.220 e. The van der Waals surface area contributed by atoms with Gasteiger partial charge in [-0.2, -0.15) is 0 Å². The summed E-state index contributed by atoms with van der Waals surface area (Å²) in [7, 11) is 0. The number of hydrogen-bond donors (Lipinski definition) is 1. The highest BCUT2D eigenvalue weighted by molar-refractivity contribution is 5.77. The molecule has 1 aliphatic rings. The second kappa shape index (κ2) is 2.26. The van der Waals surface area contributed by atoms with Gasteiger partial charge in [-0.25, -0.2) is 0 Å². The summed E-state index contributed by atoms with van der Waals surface area (Å²) in [5.41, 5.74) is 0.0226. The Labute approximate surface area is 62.0 Å². The second-order valence-corrected chi connectivity index (χ2v) is 3.95. The van der Waals surface area contributed by atoms with Gasteiger partial charge in [-0.3, -0.25) is 4.79 Å². The number of carbonyl (C=O) groups excluding carboxylic acids is 1. The molecule has 1 heterocycles. The van der Waals surface area contributed by atoms with Crippen molar-refractivity contribution in [2.45, 2.75) is 39.2 Å². The van der Waals surface area contributed by atoms with Gasteiger partial charge in [-0.1, -0.05) is 6.92 Å². The summed E-state index contributed by atoms with van der Waals surface area (Å²) in [5, 5.41) is 2.95. The highest BCUT2D eigenvalue weighted by Crippen LogP contribution is 2.23. The lowest BCUT2D eigenvalue weighted by Crippen LogP contribution is -2.49. The molecule has 1 saturated heterocycles. The predicted octanol–water partition coefficient (Wildman–Crippen LogP) is 1.31. The van der Waals surface area contributed by atoms with Crippen LogP contribution in [0.3, 0.4) is 0 Å². The van der Waals surface area contributed by atoms with Gasteiger partial charge in [0.15, 0.2) is 0 Å². The van der Waals surface area contributed by atoms with Crippen LogP contribution in [-0.4, -0.2) is 11.4 Å². The molecule has 1 aliphatic heterocycles. The van der Waals surface area contributed by atoms with E-state index in [0.29, 0.717) is 12.3 Å². The summed E-state index contributed by atoms with van der Waals surface area (Å²) in [5.74, 6) is 0.743. The third kappa shape index (κ3) is 1.72. The fourth-order valence-electron chi connectivity index (χ4n) is 1.74. The SMILES string of the molecule is CC1CC(=O)NC(C)(C)C1. The van der Waals surface area contributed by atoms with E-state index in [0.717, 1.165) is 6.42 Å². The minimum Gasteiger partial charge on any atom is -0.351 e. The molecule has 58 valence electrons. The van der Waals surface area contributed by atoms with Crippen molar-refractivity contribution in [2.24, 2.45) is 5.92 Å². The van der Waals surface area contributed by atoms with Gasteiger partial charge in [-0.15, -0.1) is 0 Å². The van der Waals surface area contributed by atoms with Crippen molar-refractivity contribution in [2.75, 3.05) is 0 Å². The molecule has 0 aromatic carbocycles. The Kier molecular flexibility index (Phi) is 1.71. The first-order valence-electron chi connectivity index (χ1n) is 3.81. The average molecular weight is 141 g/mol. The molecule has 0 aromatic heterocycles. The molecule has 1 fully saturated rings. The van der Waals surface area contributed by atoms with Crippen LogP contribution in [0, 0.1) is 5.92 Å². The first-order valence-corrected chi connectivity index (χ1v) is 3.81. The van der Waals surface area contributed by atoms with Gasteiger partial charge < -0.3 is 5.32 Å². The Balaban J connectivity index is 2.59. The monoisotopic (exact) mass is 141 g/mol. The third-order valence-electron chi connectivity index (χ3n) is 1.87. The minimum atomic E-state index is 0.0226. The Morgan fingerprint density at radius 2 is 2.20 bits per heavy atom. The molecule has 2 heteroatoms. The van der Waals surface area contributed by atoms with E-state index >= 15 is 0 Å². The standard InChI is InChI=1S/C8H15NO/c1-6-4-7(10)9-8(2,3)5-6/h6H,4-5H2,1-3H3,(H,9,10). The van der Waals surface area contributed by atoms with Crippen LogP contribution in [0.1, 0.15) is 33.6 Å². The Hall–Kier alpha value is -0.530. The number of amides is 1. The first kappa shape index (κ1) is 7.58. The van der Waals surface area contributed by atoms with Gasteiger partial charge in [-0.05, 0) is 26.2 Å². The van der Waals surface area contributed by atoms with Gasteiger partial charge in [0.2, 0.25) is 5.91 Å². The van der Waals surface area contributed by atoms with Gasteiger partial charge in [0.1, 0.15) is 0 Å². The van der Waals surface area contributed by atoms with Crippen molar-refractivity contribution in [3.8, 4) is 0 Å². The molecule has 1 rings (SSSR count). The van der Waals surface area contributed by atoms with E-state index in [-0.39, 0.29) is 11.4 Å². The molecular weight excluding hydrogens is 126 g/mol. The first-order chi connectivity index (χ1) is 4.49. The van der Waals surface area contributed by atoms with Crippen LogP contribution in [-0.2, 0) is 4.79 Å². The van der Waals surface area contributed by atoms with Crippen LogP contribution in [0.5, 0.6) is 0 Å². The molecule has 10 heavy (non-hydrogen) atoms. The molecule has 1 amide bonds. The normalized spacial score (nSPS) is 31.5. The molecule has 2 nitrogen and oxygen atoms in total. The average Bonchev–Trinajstić information content (AvgIpc) is 1.54. The van der Waals surface area contributed by atoms with Crippen LogP contribution in [0.2, 0.25) is 0 Å². The summed E-state index contributed by atoms with van der Waals surface area (Å²) < 4.78 is 0. The third-order valence-corrected chi connectivity index (χ3v) is 1.87. The summed E-state index contributed by atoms with van der Waals surface area (Å²) >= 11 is 0. The Morgan fingerprint density at radius 3 is 2.60 bits per heavy atom. The van der Waals surface area contributed by atoms with Crippen LogP contribution in [0.4, 0.5) is 0 Å². The van der Waals surface area contributed by atoms with E-state index < -0.39 is 0 Å². The van der Waals surface area contributed by atoms with Crippen molar-refractivity contribution in [3.63, 3.8) is 0 Å². The maximum atomic E-state index is 11.0. The van der Waals surface area contributed by atoms with Gasteiger partial charge >= 0.3 is 0 Å². The molecule has 0 bridgehead atoms. The Morgan fingerprint density at radius 1 is 1.60 bits per heavy atom. The molecule has 0 radical (unpaired) electrons. The molecule has 1 atom stereocenters. The fraction of sp³-hybridized carbons (Fsp3) is 0.875. The number of piperidine rings is 1. The van der Waals surface area contributed by atoms with E-state index in [1.165, 1.54) is 0 Å². The van der Waals surface area contributed by atoms with E-state index in [2.05, 4.69) is 26.1 Å². The summed E-state index contributed by atoms with van der Waals surface area (Å²) in [4.78, 5) is 11.0. The van der Waals surface area contributed by atoms with Crippen molar-refractivity contribution < 1.29 is 4.79 Å². The maximum Gasteiger partial charge on any atom is 0.220 e. The molecular formula is C8H15NO. The summed E-state index contributed by atoms with van der Waals surface area (Å²) in [6.45, 7) is 6.27. The zero-order valence-electron chi connectivity index (χ0n) is 6.90. The zero-order valence-corrected chi connectivity index (χ0v) is 6.90. The van der Waals surface area contributed by atoms with Gasteiger partial charge in [0.05, 0.1) is 0 Å². The lowest BCUT2D eigenvalue weighted by atomic mass is 9.85. The van der Waals surface area contributed by atoms with Crippen molar-refractivity contribution >= 4 is 5.91 Å². The van der Waals surface area contributed by atoms with Crippen molar-refractivity contribution in [1.29, 1.82) is 0 Å². The van der Waals surface area contributed by atoms with Crippen LogP contribution in [0.15, 0.2) is 0 Å². The van der Waals surface area contributed by atoms with Crippen LogP contribution in [0.25, 0.3) is 0 Å². The highest BCUT2D eigenvalue weighted by atomic mass is 16.1. The molecule has 0 aliphatic carbocycles. The highest BCUT2D eigenvalue weighted by Gasteiger charge is 2.29. The van der Waals surface area contributed by atoms with E-state index in [9.17, 15) is 4.79 Å². The lowest BCUT2D eigenvalue weighted by molar-refractivity contribution is -0.125. The number of nitrogens with one attached hydrogen (secondary N) is 1. The fourth-order valence-corrected chi connectivity index (χ4v) is 1.74. The summed E-state index contributed by atoms with van der Waals surface area (Å²) in [6.07, 6.45) is 1.79. The topological polar surface area (TPSA) is 29.1 Å². The quantitative estimate of drug-likeness (QED) is 0.541. The van der Waals surface area contributed by atoms with Gasteiger partial charge in [0, 0.05) is 12.0 Å². The molecule has 0 spiro atoms. The number of hydrogen-bond acceptors (Lipinski definition) is 1. The number of carbonyl (C=O) groups is 1. The molecule has 0 saturated carbocycles. The van der Waals surface area contributed by atoms with Crippen molar-refractivity contribution in [3.05, 3.63) is 0 Å². The van der Waals surface area contributed by atoms with E-state index in [4.69, 9.17) is 0 Å². The summed E-state index contributed by atoms with van der Waals surface area (Å²) in [6, 6.07) is 0. The van der Waals surface area contributed by atoms with Gasteiger partial charge in [0.25, 0.3) is 0 Å². The maximum absolute atomic E-state index is 11.0. The Bertz CT molecular complexity index is 151.